The Morgan fingerprint density at radius 1 is 0.242 bits per heavy atom. The first kappa shape index (κ1) is 39.1. The fourth-order valence-electron chi connectivity index (χ4n) is 10.4. The van der Waals surface area contributed by atoms with Crippen molar-refractivity contribution in [3.05, 3.63) is 295 Å². The van der Waals surface area contributed by atoms with Gasteiger partial charge in [0.2, 0.25) is 0 Å². The summed E-state index contributed by atoms with van der Waals surface area (Å²) in [6.07, 6.45) is 0. The average molecular weight is 840 g/mol. The molecule has 66 heavy (non-hydrogen) atoms. The average Bonchev–Trinajstić information content (AvgIpc) is 3.70. The van der Waals surface area contributed by atoms with Crippen LogP contribution in [0.3, 0.4) is 0 Å². The summed E-state index contributed by atoms with van der Waals surface area (Å²) < 4.78 is 0. The monoisotopic (exact) mass is 839 g/mol. The van der Waals surface area contributed by atoms with Crippen LogP contribution in [0.2, 0.25) is 0 Å². The van der Waals surface area contributed by atoms with E-state index in [0.29, 0.717) is 0 Å². The highest BCUT2D eigenvalue weighted by atomic mass is 15.1. The number of nitrogens with zero attached hydrogens (tertiary/aromatic N) is 1. The third-order valence-corrected chi connectivity index (χ3v) is 13.6. The summed E-state index contributed by atoms with van der Waals surface area (Å²) in [5.74, 6) is 0. The van der Waals surface area contributed by atoms with Crippen LogP contribution in [0.1, 0.15) is 22.3 Å². The SMILES string of the molecule is c1ccc(-c2ccc(-c3ccccc3N(c3ccc(-c4ccc5c(c4)C(c4ccccc4)(c4ccccc4)c4ccccc4-5)cc3)c3cccc(-c4ccc5ccccc5c4)c3)cc2)cc1. The van der Waals surface area contributed by atoms with Gasteiger partial charge in [0.05, 0.1) is 11.1 Å². The molecular formula is C65H45N. The molecule has 0 saturated heterocycles. The van der Waals surface area contributed by atoms with E-state index < -0.39 is 5.41 Å². The molecule has 11 aromatic carbocycles. The van der Waals surface area contributed by atoms with E-state index >= 15 is 0 Å². The maximum atomic E-state index is 2.45. The van der Waals surface area contributed by atoms with Crippen LogP contribution in [0.25, 0.3) is 66.4 Å². The molecule has 0 aromatic heterocycles. The molecule has 0 atom stereocenters. The molecule has 1 aliphatic carbocycles. The zero-order chi connectivity index (χ0) is 43.9. The van der Waals surface area contributed by atoms with Crippen molar-refractivity contribution < 1.29 is 0 Å². The number of para-hydroxylation sites is 1. The molecule has 1 nitrogen and oxygen atoms in total. The van der Waals surface area contributed by atoms with E-state index in [-0.39, 0.29) is 0 Å². The van der Waals surface area contributed by atoms with Crippen LogP contribution in [0.4, 0.5) is 17.1 Å². The molecule has 0 fully saturated rings. The fraction of sp³-hybridized carbons (Fsp3) is 0.0154. The van der Waals surface area contributed by atoms with Crippen molar-refractivity contribution in [1.82, 2.24) is 0 Å². The van der Waals surface area contributed by atoms with E-state index in [1.54, 1.807) is 0 Å². The van der Waals surface area contributed by atoms with Crippen molar-refractivity contribution in [3.63, 3.8) is 0 Å². The van der Waals surface area contributed by atoms with Crippen LogP contribution in [0.5, 0.6) is 0 Å². The lowest BCUT2D eigenvalue weighted by molar-refractivity contribution is 0.769. The van der Waals surface area contributed by atoms with E-state index in [0.717, 1.165) is 28.2 Å². The Labute approximate surface area is 387 Å². The van der Waals surface area contributed by atoms with E-state index in [1.165, 1.54) is 77.5 Å². The quantitative estimate of drug-likeness (QED) is 0.140. The molecule has 0 unspecified atom stereocenters. The van der Waals surface area contributed by atoms with Gasteiger partial charge in [0, 0.05) is 16.9 Å². The van der Waals surface area contributed by atoms with Gasteiger partial charge in [-0.2, -0.15) is 0 Å². The number of fused-ring (bicyclic) bond motifs is 4. The van der Waals surface area contributed by atoms with Gasteiger partial charge in [-0.15, -0.1) is 0 Å². The summed E-state index contributed by atoms with van der Waals surface area (Å²) in [5, 5.41) is 2.47. The summed E-state index contributed by atoms with van der Waals surface area (Å²) in [5.41, 5.74) is 20.0. The smallest absolute Gasteiger partial charge is 0.0713 e. The predicted octanol–water partition coefficient (Wildman–Crippen LogP) is 17.3. The van der Waals surface area contributed by atoms with Gasteiger partial charge < -0.3 is 4.90 Å². The molecule has 0 amide bonds. The molecule has 1 aliphatic rings. The summed E-state index contributed by atoms with van der Waals surface area (Å²) in [6, 6.07) is 100. The van der Waals surface area contributed by atoms with E-state index in [1.807, 2.05) is 0 Å². The van der Waals surface area contributed by atoms with Crippen LogP contribution < -0.4 is 4.90 Å². The summed E-state index contributed by atoms with van der Waals surface area (Å²) >= 11 is 0. The molecule has 0 aliphatic heterocycles. The second-order valence-electron chi connectivity index (χ2n) is 17.2. The Kier molecular flexibility index (Phi) is 9.81. The first-order valence-corrected chi connectivity index (χ1v) is 22.8. The van der Waals surface area contributed by atoms with Crippen LogP contribution in [-0.2, 0) is 5.41 Å². The van der Waals surface area contributed by atoms with Gasteiger partial charge in [-0.05, 0) is 126 Å². The molecule has 0 bridgehead atoms. The Morgan fingerprint density at radius 3 is 1.47 bits per heavy atom. The van der Waals surface area contributed by atoms with Gasteiger partial charge in [-0.3, -0.25) is 0 Å². The molecule has 1 heteroatoms. The van der Waals surface area contributed by atoms with Crippen molar-refractivity contribution in [1.29, 1.82) is 0 Å². The summed E-state index contributed by atoms with van der Waals surface area (Å²) in [4.78, 5) is 2.42. The van der Waals surface area contributed by atoms with Crippen molar-refractivity contribution in [2.45, 2.75) is 5.41 Å². The second kappa shape index (κ2) is 16.6. The normalized spacial score (nSPS) is 12.4. The summed E-state index contributed by atoms with van der Waals surface area (Å²) in [6.45, 7) is 0. The zero-order valence-corrected chi connectivity index (χ0v) is 36.4. The third-order valence-electron chi connectivity index (χ3n) is 13.6. The second-order valence-corrected chi connectivity index (χ2v) is 17.2. The Hall–Kier alpha value is -8.52. The molecule has 0 heterocycles. The molecule has 0 spiro atoms. The Bertz CT molecular complexity index is 3460. The van der Waals surface area contributed by atoms with Gasteiger partial charge >= 0.3 is 0 Å². The minimum absolute atomic E-state index is 0.458. The first-order chi connectivity index (χ1) is 32.7. The highest BCUT2D eigenvalue weighted by Gasteiger charge is 2.46. The number of hydrogen-bond donors (Lipinski definition) is 0. The zero-order valence-electron chi connectivity index (χ0n) is 36.4. The maximum Gasteiger partial charge on any atom is 0.0713 e. The lowest BCUT2D eigenvalue weighted by atomic mass is 9.67. The van der Waals surface area contributed by atoms with Crippen LogP contribution in [0.15, 0.2) is 273 Å². The van der Waals surface area contributed by atoms with E-state index in [2.05, 4.69) is 278 Å². The standard InChI is InChI=1S/C65H45N/c1-4-17-46(18-5-1)48-31-34-50(35-32-48)59-27-13-15-30-64(59)66(58-26-16-21-52(44-58)53-36-33-47-19-10-11-20-51(47)43-53)57-40-37-49(38-41-57)54-39-42-61-60-28-12-14-29-62(60)65(63(61)45-54,55-22-6-2-7-23-55)56-24-8-3-9-25-56/h1-45H. The van der Waals surface area contributed by atoms with Gasteiger partial charge in [-0.1, -0.05) is 231 Å². The number of anilines is 3. The van der Waals surface area contributed by atoms with Gasteiger partial charge in [0.1, 0.15) is 0 Å². The van der Waals surface area contributed by atoms with E-state index in [9.17, 15) is 0 Å². The van der Waals surface area contributed by atoms with Crippen LogP contribution >= 0.6 is 0 Å². The Morgan fingerprint density at radius 2 is 0.727 bits per heavy atom. The molecule has 11 aromatic rings. The molecule has 0 saturated carbocycles. The van der Waals surface area contributed by atoms with Crippen molar-refractivity contribution in [2.24, 2.45) is 0 Å². The molecule has 0 N–H and O–H groups in total. The maximum absolute atomic E-state index is 2.45. The highest BCUT2D eigenvalue weighted by molar-refractivity contribution is 5.93. The first-order valence-electron chi connectivity index (χ1n) is 22.8. The van der Waals surface area contributed by atoms with E-state index in [4.69, 9.17) is 0 Å². The molecule has 12 rings (SSSR count). The van der Waals surface area contributed by atoms with Gasteiger partial charge in [-0.25, -0.2) is 0 Å². The largest absolute Gasteiger partial charge is 0.310 e. The molecular weight excluding hydrogens is 795 g/mol. The number of hydrogen-bond acceptors (Lipinski definition) is 1. The Balaban J connectivity index is 0.987. The van der Waals surface area contributed by atoms with Crippen LogP contribution in [-0.4, -0.2) is 0 Å². The molecule has 310 valence electrons. The van der Waals surface area contributed by atoms with Crippen molar-refractivity contribution in [2.75, 3.05) is 4.90 Å². The van der Waals surface area contributed by atoms with Crippen molar-refractivity contribution >= 4 is 27.8 Å². The lowest BCUT2D eigenvalue weighted by Gasteiger charge is -2.34. The minimum Gasteiger partial charge on any atom is -0.310 e. The summed E-state index contributed by atoms with van der Waals surface area (Å²) in [7, 11) is 0. The fourth-order valence-corrected chi connectivity index (χ4v) is 10.4. The number of rotatable bonds is 9. The van der Waals surface area contributed by atoms with Gasteiger partial charge in [0.25, 0.3) is 0 Å². The minimum atomic E-state index is -0.458. The molecule has 0 radical (unpaired) electrons. The number of benzene rings is 11. The van der Waals surface area contributed by atoms with Crippen molar-refractivity contribution in [3.8, 4) is 55.6 Å². The van der Waals surface area contributed by atoms with Crippen LogP contribution in [0, 0.1) is 0 Å². The highest BCUT2D eigenvalue weighted by Crippen LogP contribution is 2.57. The topological polar surface area (TPSA) is 3.24 Å². The predicted molar refractivity (Wildman–Crippen MR) is 278 cm³/mol. The van der Waals surface area contributed by atoms with Gasteiger partial charge in [0.15, 0.2) is 0 Å². The third kappa shape index (κ3) is 6.73. The lowest BCUT2D eigenvalue weighted by Crippen LogP contribution is -2.28.